The molecule has 0 rings (SSSR count). The lowest BCUT2D eigenvalue weighted by Crippen LogP contribution is -2.20. The Bertz CT molecular complexity index is 77.5. The van der Waals surface area contributed by atoms with E-state index in [0.29, 0.717) is 6.54 Å². The summed E-state index contributed by atoms with van der Waals surface area (Å²) in [5.74, 6) is -0.407. The van der Waals surface area contributed by atoms with Crippen LogP contribution in [0.3, 0.4) is 0 Å². The second-order valence-corrected chi connectivity index (χ2v) is 1.21. The Balaban J connectivity index is -0.000000175. The number of ether oxygens (including phenoxy) is 1. The molecule has 0 heterocycles. The van der Waals surface area contributed by atoms with E-state index >= 15 is 0 Å². The normalized spacial score (nSPS) is 6.83. The van der Waals surface area contributed by atoms with Crippen molar-refractivity contribution < 1.29 is 9.53 Å². The van der Waals surface area contributed by atoms with Crippen LogP contribution in [0.5, 0.6) is 0 Å². The van der Waals surface area contributed by atoms with Gasteiger partial charge in [-0.15, -0.1) is 0 Å². The summed E-state index contributed by atoms with van der Waals surface area (Å²) in [6.07, 6.45) is 0. The maximum Gasteiger partial charge on any atom is 0.319 e. The molecule has 12 heavy (non-hydrogen) atoms. The summed E-state index contributed by atoms with van der Waals surface area (Å²) in [5.41, 5.74) is 9.91. The maximum absolute atomic E-state index is 10.2. The zero-order valence-electron chi connectivity index (χ0n) is 8.59. The van der Waals surface area contributed by atoms with Gasteiger partial charge in [0.1, 0.15) is 6.61 Å². The van der Waals surface area contributed by atoms with Gasteiger partial charge in [0.15, 0.2) is 0 Å². The number of carbonyl (C=O) groups excluding carboxylic acids is 1. The first-order chi connectivity index (χ1) is 5.81. The van der Waals surface area contributed by atoms with Crippen LogP contribution in [0.25, 0.3) is 0 Å². The number of esters is 1. The van der Waals surface area contributed by atoms with Crippen LogP contribution in [0.2, 0.25) is 0 Å². The van der Waals surface area contributed by atoms with Gasteiger partial charge >= 0.3 is 5.97 Å². The smallest absolute Gasteiger partial charge is 0.319 e. The van der Waals surface area contributed by atoms with Crippen molar-refractivity contribution in [3.05, 3.63) is 0 Å². The van der Waals surface area contributed by atoms with E-state index in [9.17, 15) is 4.79 Å². The van der Waals surface area contributed by atoms with E-state index in [0.717, 1.165) is 0 Å². The third-order valence-electron chi connectivity index (χ3n) is 0.548. The monoisotopic (exact) mass is 178 g/mol. The molecule has 0 unspecified atom stereocenters. The molecule has 0 saturated carbocycles. The molecule has 4 N–H and O–H groups in total. The van der Waals surface area contributed by atoms with Crippen molar-refractivity contribution in [2.75, 3.05) is 19.7 Å². The van der Waals surface area contributed by atoms with Gasteiger partial charge in [-0.2, -0.15) is 0 Å². The Morgan fingerprint density at radius 3 is 1.83 bits per heavy atom. The van der Waals surface area contributed by atoms with E-state index in [-0.39, 0.29) is 13.2 Å². The highest BCUT2D eigenvalue weighted by Gasteiger charge is 1.93. The van der Waals surface area contributed by atoms with Gasteiger partial charge in [-0.1, -0.05) is 27.7 Å². The summed E-state index contributed by atoms with van der Waals surface area (Å²) in [7, 11) is 0. The highest BCUT2D eigenvalue weighted by Crippen LogP contribution is 1.70. The number of carbonyl (C=O) groups is 1. The van der Waals surface area contributed by atoms with Crippen LogP contribution in [0.15, 0.2) is 0 Å². The van der Waals surface area contributed by atoms with Crippen LogP contribution in [-0.2, 0) is 9.53 Å². The van der Waals surface area contributed by atoms with E-state index < -0.39 is 5.97 Å². The zero-order valence-corrected chi connectivity index (χ0v) is 8.59. The molecule has 0 aliphatic heterocycles. The van der Waals surface area contributed by atoms with Gasteiger partial charge in [0.25, 0.3) is 0 Å². The van der Waals surface area contributed by atoms with E-state index in [1.807, 2.05) is 27.7 Å². The van der Waals surface area contributed by atoms with Gasteiger partial charge in [0.05, 0.1) is 6.54 Å². The molecule has 0 bridgehead atoms. The summed E-state index contributed by atoms with van der Waals surface area (Å²) in [4.78, 5) is 10.2. The largest absolute Gasteiger partial charge is 0.463 e. The fourth-order valence-electron chi connectivity index (χ4n) is 0.232. The van der Waals surface area contributed by atoms with Crippen LogP contribution in [0, 0.1) is 0 Å². The van der Waals surface area contributed by atoms with Crippen molar-refractivity contribution in [2.45, 2.75) is 27.7 Å². The molecule has 0 aromatic carbocycles. The molecular formula is C8H22N2O2. The van der Waals surface area contributed by atoms with Crippen LogP contribution < -0.4 is 11.5 Å². The molecule has 0 aromatic heterocycles. The lowest BCUT2D eigenvalue weighted by atomic mass is 10.6. The molecule has 0 aliphatic carbocycles. The standard InChI is InChI=1S/C4H10N2O2.2C2H6/c5-1-2-8-4(7)3-6;2*1-2/h1-3,5-6H2;2*1-2H3. The van der Waals surface area contributed by atoms with E-state index in [4.69, 9.17) is 11.5 Å². The number of nitrogens with two attached hydrogens (primary N) is 2. The predicted molar refractivity (Wildman–Crippen MR) is 51.8 cm³/mol. The molecule has 0 fully saturated rings. The van der Waals surface area contributed by atoms with Crippen molar-refractivity contribution in [2.24, 2.45) is 11.5 Å². The van der Waals surface area contributed by atoms with Crippen molar-refractivity contribution in [1.82, 2.24) is 0 Å². The minimum Gasteiger partial charge on any atom is -0.463 e. The third kappa shape index (κ3) is 22.8. The van der Waals surface area contributed by atoms with E-state index in [1.165, 1.54) is 0 Å². The lowest BCUT2D eigenvalue weighted by Gasteiger charge is -1.97. The molecule has 0 aliphatic rings. The van der Waals surface area contributed by atoms with Gasteiger partial charge in [-0.25, -0.2) is 0 Å². The van der Waals surface area contributed by atoms with Crippen molar-refractivity contribution >= 4 is 5.97 Å². The molecule has 76 valence electrons. The highest BCUT2D eigenvalue weighted by atomic mass is 16.5. The van der Waals surface area contributed by atoms with Crippen LogP contribution >= 0.6 is 0 Å². The van der Waals surface area contributed by atoms with Crippen LogP contribution in [-0.4, -0.2) is 25.7 Å². The number of hydrogen-bond acceptors (Lipinski definition) is 4. The minimum atomic E-state index is -0.407. The second kappa shape index (κ2) is 22.4. The first-order valence-electron chi connectivity index (χ1n) is 4.37. The predicted octanol–water partition coefficient (Wildman–Crippen LogP) is 0.499. The summed E-state index contributed by atoms with van der Waals surface area (Å²) in [6, 6.07) is 0. The molecular weight excluding hydrogens is 156 g/mol. The Kier molecular flexibility index (Phi) is 32.7. The lowest BCUT2D eigenvalue weighted by molar-refractivity contribution is -0.141. The molecule has 0 saturated heterocycles. The summed E-state index contributed by atoms with van der Waals surface area (Å²) in [5, 5.41) is 0. The summed E-state index contributed by atoms with van der Waals surface area (Å²) >= 11 is 0. The van der Waals surface area contributed by atoms with Gasteiger partial charge in [-0.05, 0) is 0 Å². The molecule has 4 nitrogen and oxygen atoms in total. The molecule has 0 amide bonds. The Hall–Kier alpha value is -0.610. The molecule has 0 radical (unpaired) electrons. The number of rotatable bonds is 3. The first kappa shape index (κ1) is 17.5. The summed E-state index contributed by atoms with van der Waals surface area (Å²) < 4.78 is 4.45. The molecule has 4 heteroatoms. The molecule has 0 spiro atoms. The number of hydrogen-bond donors (Lipinski definition) is 2. The quantitative estimate of drug-likeness (QED) is 0.617. The first-order valence-corrected chi connectivity index (χ1v) is 4.37. The average Bonchev–Trinajstić information content (AvgIpc) is 2.20. The fourth-order valence-corrected chi connectivity index (χ4v) is 0.232. The second-order valence-electron chi connectivity index (χ2n) is 1.21. The van der Waals surface area contributed by atoms with Crippen molar-refractivity contribution in [1.29, 1.82) is 0 Å². The Morgan fingerprint density at radius 2 is 1.58 bits per heavy atom. The van der Waals surface area contributed by atoms with Gasteiger partial charge in [0, 0.05) is 6.54 Å². The fraction of sp³-hybridized carbons (Fsp3) is 0.875. The van der Waals surface area contributed by atoms with Gasteiger partial charge < -0.3 is 16.2 Å². The van der Waals surface area contributed by atoms with Crippen molar-refractivity contribution in [3.8, 4) is 0 Å². The molecule has 0 atom stereocenters. The third-order valence-corrected chi connectivity index (χ3v) is 0.548. The topological polar surface area (TPSA) is 78.3 Å². The van der Waals surface area contributed by atoms with Crippen molar-refractivity contribution in [3.63, 3.8) is 0 Å². The van der Waals surface area contributed by atoms with E-state index in [1.54, 1.807) is 0 Å². The van der Waals surface area contributed by atoms with Gasteiger partial charge in [-0.3, -0.25) is 4.79 Å². The highest BCUT2D eigenvalue weighted by molar-refractivity contribution is 5.71. The molecule has 0 aromatic rings. The zero-order chi connectivity index (χ0) is 10.4. The SMILES string of the molecule is CC.CC.NCCOC(=O)CN. The maximum atomic E-state index is 10.2. The average molecular weight is 178 g/mol. The van der Waals surface area contributed by atoms with Crippen LogP contribution in [0.1, 0.15) is 27.7 Å². The minimum absolute atomic E-state index is 0.0694. The van der Waals surface area contributed by atoms with E-state index in [2.05, 4.69) is 4.74 Å². The van der Waals surface area contributed by atoms with Gasteiger partial charge in [0.2, 0.25) is 0 Å². The Labute approximate surface area is 75.3 Å². The van der Waals surface area contributed by atoms with Crippen LogP contribution in [0.4, 0.5) is 0 Å². The Morgan fingerprint density at radius 1 is 1.17 bits per heavy atom. The summed E-state index contributed by atoms with van der Waals surface area (Å²) in [6.45, 7) is 8.54.